The molecule has 29 heavy (non-hydrogen) atoms. The Morgan fingerprint density at radius 3 is 2.52 bits per heavy atom. The van der Waals surface area contributed by atoms with Crippen LogP contribution in [0.4, 0.5) is 4.79 Å². The lowest BCUT2D eigenvalue weighted by Crippen LogP contribution is -2.44. The van der Waals surface area contributed by atoms with Crippen LogP contribution in [0, 0.1) is 11.8 Å². The third kappa shape index (κ3) is 8.04. The largest absolute Gasteiger partial charge is 0.481 e. The highest BCUT2D eigenvalue weighted by atomic mass is 16.5. The zero-order valence-corrected chi connectivity index (χ0v) is 17.3. The van der Waals surface area contributed by atoms with Crippen LogP contribution in [0.25, 0.3) is 0 Å². The minimum Gasteiger partial charge on any atom is -0.481 e. The highest BCUT2D eigenvalue weighted by Crippen LogP contribution is 2.44. The van der Waals surface area contributed by atoms with Gasteiger partial charge >= 0.3 is 12.0 Å². The molecule has 0 aromatic carbocycles. The summed E-state index contributed by atoms with van der Waals surface area (Å²) in [6, 6.07) is -0.317. The maximum absolute atomic E-state index is 12.1. The molecule has 0 radical (unpaired) electrons. The number of hydrogen-bond donors (Lipinski definition) is 4. The summed E-state index contributed by atoms with van der Waals surface area (Å²) in [6.45, 7) is 3.18. The number of aliphatic carboxylic acids is 1. The number of ether oxygens (including phenoxy) is 1. The van der Waals surface area contributed by atoms with E-state index < -0.39 is 5.97 Å². The monoisotopic (exact) mass is 409 g/mol. The van der Waals surface area contributed by atoms with E-state index in [1.165, 1.54) is 0 Å². The Morgan fingerprint density at radius 1 is 1.03 bits per heavy atom. The molecular formula is C21H35N3O5. The zero-order chi connectivity index (χ0) is 21.1. The summed E-state index contributed by atoms with van der Waals surface area (Å²) >= 11 is 0. The molecule has 2 fully saturated rings. The van der Waals surface area contributed by atoms with E-state index in [1.54, 1.807) is 0 Å². The highest BCUT2D eigenvalue weighted by Gasteiger charge is 2.47. The molecule has 0 aliphatic carbocycles. The Balaban J connectivity index is 1.68. The van der Waals surface area contributed by atoms with Crippen molar-refractivity contribution >= 4 is 17.9 Å². The predicted molar refractivity (Wildman–Crippen MR) is 109 cm³/mol. The van der Waals surface area contributed by atoms with E-state index in [0.717, 1.165) is 38.5 Å². The van der Waals surface area contributed by atoms with E-state index in [1.807, 2.05) is 6.08 Å². The number of carbonyl (C=O) groups is 3. The molecule has 8 heteroatoms. The minimum atomic E-state index is -0.761. The molecule has 0 spiro atoms. The molecule has 2 bridgehead atoms. The van der Waals surface area contributed by atoms with Gasteiger partial charge in [0.1, 0.15) is 0 Å². The quantitative estimate of drug-likeness (QED) is 0.275. The fourth-order valence-electron chi connectivity index (χ4n) is 4.12. The van der Waals surface area contributed by atoms with Gasteiger partial charge in [-0.05, 0) is 44.4 Å². The highest BCUT2D eigenvalue weighted by molar-refractivity contribution is 5.83. The second-order valence-corrected chi connectivity index (χ2v) is 7.88. The van der Waals surface area contributed by atoms with Crippen molar-refractivity contribution in [3.8, 4) is 0 Å². The number of amides is 3. The number of urea groups is 1. The average Bonchev–Trinajstić information content (AvgIpc) is 3.29. The Labute approximate surface area is 172 Å². The van der Waals surface area contributed by atoms with Crippen LogP contribution in [-0.2, 0) is 14.3 Å². The summed E-state index contributed by atoms with van der Waals surface area (Å²) in [4.78, 5) is 34.2. The van der Waals surface area contributed by atoms with Crippen LogP contribution in [-0.4, -0.2) is 54.9 Å². The van der Waals surface area contributed by atoms with Crippen molar-refractivity contribution in [3.05, 3.63) is 12.2 Å². The van der Waals surface area contributed by atoms with Gasteiger partial charge in [0.15, 0.2) is 0 Å². The molecular weight excluding hydrogens is 374 g/mol. The van der Waals surface area contributed by atoms with E-state index >= 15 is 0 Å². The number of allylic oxidation sites excluding steroid dienone is 2. The van der Waals surface area contributed by atoms with E-state index in [9.17, 15) is 14.4 Å². The minimum absolute atomic E-state index is 0.0340. The second kappa shape index (κ2) is 12.5. The smallest absolute Gasteiger partial charge is 0.315 e. The number of hydrogen-bond acceptors (Lipinski definition) is 4. The van der Waals surface area contributed by atoms with Gasteiger partial charge in [-0.25, -0.2) is 4.79 Å². The number of fused-ring (bicyclic) bond motifs is 2. The van der Waals surface area contributed by atoms with Crippen LogP contribution >= 0.6 is 0 Å². The van der Waals surface area contributed by atoms with Crippen molar-refractivity contribution in [1.29, 1.82) is 0 Å². The van der Waals surface area contributed by atoms with Crippen LogP contribution in [0.15, 0.2) is 12.2 Å². The molecule has 0 aromatic rings. The molecule has 164 valence electrons. The van der Waals surface area contributed by atoms with Crippen LogP contribution in [0.5, 0.6) is 0 Å². The first-order chi connectivity index (χ1) is 14.0. The molecule has 4 N–H and O–H groups in total. The summed E-state index contributed by atoms with van der Waals surface area (Å²) < 4.78 is 6.05. The van der Waals surface area contributed by atoms with Crippen molar-refractivity contribution in [1.82, 2.24) is 16.0 Å². The number of carboxylic acid groups (broad SMARTS) is 1. The number of nitrogens with one attached hydrogen (secondary N) is 3. The first-order valence-electron chi connectivity index (χ1n) is 10.8. The van der Waals surface area contributed by atoms with Gasteiger partial charge in [0.25, 0.3) is 0 Å². The average molecular weight is 410 g/mol. The van der Waals surface area contributed by atoms with Gasteiger partial charge in [-0.15, -0.1) is 0 Å². The number of rotatable bonds is 13. The number of carboxylic acids is 1. The van der Waals surface area contributed by atoms with Crippen LogP contribution in [0.1, 0.15) is 58.3 Å². The van der Waals surface area contributed by atoms with Crippen LogP contribution in [0.2, 0.25) is 0 Å². The van der Waals surface area contributed by atoms with Crippen LogP contribution < -0.4 is 16.0 Å². The van der Waals surface area contributed by atoms with Crippen molar-refractivity contribution in [2.45, 2.75) is 70.5 Å². The molecule has 2 rings (SSSR count). The Kier molecular flexibility index (Phi) is 9.97. The maximum Gasteiger partial charge on any atom is 0.315 e. The molecule has 0 aromatic heterocycles. The third-order valence-electron chi connectivity index (χ3n) is 5.69. The normalized spacial score (nSPS) is 25.3. The van der Waals surface area contributed by atoms with Gasteiger partial charge in [-0.3, -0.25) is 9.59 Å². The maximum atomic E-state index is 12.1. The summed E-state index contributed by atoms with van der Waals surface area (Å²) in [6.07, 6.45) is 11.1. The molecule has 2 saturated heterocycles. The molecule has 2 aliphatic rings. The molecule has 3 amide bonds. The van der Waals surface area contributed by atoms with Gasteiger partial charge in [0, 0.05) is 25.4 Å². The lowest BCUT2D eigenvalue weighted by atomic mass is 9.77. The summed E-state index contributed by atoms with van der Waals surface area (Å²) in [5.41, 5.74) is 0. The summed E-state index contributed by atoms with van der Waals surface area (Å²) in [5, 5.41) is 16.9. The number of unbranched alkanes of at least 4 members (excludes halogenated alkanes) is 2. The third-order valence-corrected chi connectivity index (χ3v) is 5.69. The summed E-state index contributed by atoms with van der Waals surface area (Å²) in [7, 11) is 0. The second-order valence-electron chi connectivity index (χ2n) is 7.88. The first kappa shape index (κ1) is 23.2. The van der Waals surface area contributed by atoms with E-state index in [0.29, 0.717) is 25.4 Å². The molecule has 0 saturated carbocycles. The number of carbonyl (C=O) groups excluding carboxylic acids is 2. The van der Waals surface area contributed by atoms with Crippen molar-refractivity contribution in [2.75, 3.05) is 19.6 Å². The fourth-order valence-corrected chi connectivity index (χ4v) is 4.12. The first-order valence-corrected chi connectivity index (χ1v) is 10.8. The Hall–Kier alpha value is -2.09. The SMILES string of the molecule is CCCCNC(=O)NCC(=O)NCC1C2CCC(O2)C1C/C=C/CCCC(=O)O. The van der Waals surface area contributed by atoms with Crippen molar-refractivity contribution in [3.63, 3.8) is 0 Å². The van der Waals surface area contributed by atoms with Gasteiger partial charge in [0.05, 0.1) is 18.8 Å². The Morgan fingerprint density at radius 2 is 1.79 bits per heavy atom. The lowest BCUT2D eigenvalue weighted by Gasteiger charge is -2.27. The molecule has 4 unspecified atom stereocenters. The topological polar surface area (TPSA) is 117 Å². The fraction of sp³-hybridized carbons (Fsp3) is 0.762. The van der Waals surface area contributed by atoms with E-state index in [-0.39, 0.29) is 43.0 Å². The van der Waals surface area contributed by atoms with Crippen LogP contribution in [0.3, 0.4) is 0 Å². The standard InChI is InChI=1S/C21H35N3O5/c1-2-3-12-22-21(28)24-14-19(25)23-13-16-15(17-10-11-18(16)29-17)8-6-4-5-7-9-20(26)27/h4,6,15-18H,2-3,5,7-14H2,1H3,(H,23,25)(H,26,27)(H2,22,24,28)/b6-4+. The molecule has 8 nitrogen and oxygen atoms in total. The molecule has 4 atom stereocenters. The Bertz CT molecular complexity index is 581. The molecule has 2 heterocycles. The van der Waals surface area contributed by atoms with E-state index in [4.69, 9.17) is 9.84 Å². The summed E-state index contributed by atoms with van der Waals surface area (Å²) in [5.74, 6) is -0.306. The van der Waals surface area contributed by atoms with E-state index in [2.05, 4.69) is 29.0 Å². The predicted octanol–water partition coefficient (Wildman–Crippen LogP) is 2.20. The van der Waals surface area contributed by atoms with Gasteiger partial charge in [-0.1, -0.05) is 25.5 Å². The van der Waals surface area contributed by atoms with Gasteiger partial charge in [-0.2, -0.15) is 0 Å². The lowest BCUT2D eigenvalue weighted by molar-refractivity contribution is -0.137. The van der Waals surface area contributed by atoms with Crippen molar-refractivity contribution in [2.24, 2.45) is 11.8 Å². The zero-order valence-electron chi connectivity index (χ0n) is 17.3. The van der Waals surface area contributed by atoms with Gasteiger partial charge in [0.2, 0.25) is 5.91 Å². The molecule has 2 aliphatic heterocycles. The van der Waals surface area contributed by atoms with Gasteiger partial charge < -0.3 is 25.8 Å². The van der Waals surface area contributed by atoms with Crippen molar-refractivity contribution < 1.29 is 24.2 Å².